The predicted molar refractivity (Wildman–Crippen MR) is 75.3 cm³/mol. The normalized spacial score (nSPS) is 11.2. The topological polar surface area (TPSA) is 105 Å². The summed E-state index contributed by atoms with van der Waals surface area (Å²) in [5.41, 5.74) is 5.46. The minimum absolute atomic E-state index is 0.0111. The SMILES string of the molecule is Nc1cc(S(=O)(=O)Nc2ncccc2Br)ccc1O. The molecule has 0 aliphatic carbocycles. The van der Waals surface area contributed by atoms with Gasteiger partial charge in [0.1, 0.15) is 5.75 Å². The fourth-order valence-electron chi connectivity index (χ4n) is 1.35. The third kappa shape index (κ3) is 2.96. The zero-order valence-electron chi connectivity index (χ0n) is 9.54. The molecular weight excluding hydrogens is 334 g/mol. The van der Waals surface area contributed by atoms with Crippen molar-refractivity contribution >= 4 is 37.5 Å². The van der Waals surface area contributed by atoms with Gasteiger partial charge >= 0.3 is 0 Å². The standard InChI is InChI=1S/C11H10BrN3O3S/c12-8-2-1-5-14-11(8)15-19(17,18)7-3-4-10(16)9(13)6-7/h1-6,16H,13H2,(H,14,15). The number of phenolic OH excluding ortho intramolecular Hbond substituents is 1. The van der Waals surface area contributed by atoms with Crippen molar-refractivity contribution in [2.24, 2.45) is 0 Å². The molecule has 100 valence electrons. The Balaban J connectivity index is 2.38. The molecule has 0 aliphatic heterocycles. The first-order valence-corrected chi connectivity index (χ1v) is 7.39. The van der Waals surface area contributed by atoms with Gasteiger partial charge in [0.25, 0.3) is 10.0 Å². The van der Waals surface area contributed by atoms with Gasteiger partial charge in [-0.3, -0.25) is 4.72 Å². The third-order valence-electron chi connectivity index (χ3n) is 2.30. The monoisotopic (exact) mass is 343 g/mol. The molecule has 0 saturated heterocycles. The van der Waals surface area contributed by atoms with Crippen LogP contribution in [0.4, 0.5) is 11.5 Å². The Labute approximate surface area is 118 Å². The van der Waals surface area contributed by atoms with Crippen LogP contribution in [0.15, 0.2) is 45.9 Å². The molecule has 0 aliphatic rings. The molecule has 0 unspecified atom stereocenters. The molecule has 6 nitrogen and oxygen atoms in total. The van der Waals surface area contributed by atoms with Gasteiger partial charge in [-0.05, 0) is 46.3 Å². The second-order valence-corrected chi connectivity index (χ2v) is 6.20. The summed E-state index contributed by atoms with van der Waals surface area (Å²) in [6.07, 6.45) is 1.47. The van der Waals surface area contributed by atoms with Gasteiger partial charge in [-0.1, -0.05) is 0 Å². The Morgan fingerprint density at radius 2 is 2.05 bits per heavy atom. The summed E-state index contributed by atoms with van der Waals surface area (Å²) in [6.45, 7) is 0. The molecule has 19 heavy (non-hydrogen) atoms. The molecular formula is C11H10BrN3O3S. The van der Waals surface area contributed by atoms with E-state index in [1.165, 1.54) is 24.4 Å². The van der Waals surface area contributed by atoms with Crippen molar-refractivity contribution in [3.63, 3.8) is 0 Å². The molecule has 1 aromatic carbocycles. The number of hydrogen-bond acceptors (Lipinski definition) is 5. The van der Waals surface area contributed by atoms with E-state index in [0.717, 1.165) is 0 Å². The Bertz CT molecular complexity index is 719. The highest BCUT2D eigenvalue weighted by Crippen LogP contribution is 2.26. The maximum absolute atomic E-state index is 12.1. The Morgan fingerprint density at radius 3 is 2.68 bits per heavy atom. The van der Waals surface area contributed by atoms with Crippen LogP contribution in [-0.4, -0.2) is 18.5 Å². The first-order chi connectivity index (χ1) is 8.90. The van der Waals surface area contributed by atoms with E-state index in [1.807, 2.05) is 0 Å². The average molecular weight is 344 g/mol. The van der Waals surface area contributed by atoms with Gasteiger partial charge < -0.3 is 10.8 Å². The van der Waals surface area contributed by atoms with Gasteiger partial charge in [0.2, 0.25) is 0 Å². The van der Waals surface area contributed by atoms with Gasteiger partial charge in [-0.25, -0.2) is 13.4 Å². The number of pyridine rings is 1. The van der Waals surface area contributed by atoms with Crippen molar-refractivity contribution in [3.05, 3.63) is 41.0 Å². The van der Waals surface area contributed by atoms with E-state index in [9.17, 15) is 13.5 Å². The van der Waals surface area contributed by atoms with Crippen LogP contribution in [0.5, 0.6) is 5.75 Å². The van der Waals surface area contributed by atoms with E-state index in [2.05, 4.69) is 25.6 Å². The van der Waals surface area contributed by atoms with Crippen LogP contribution in [-0.2, 0) is 10.0 Å². The van der Waals surface area contributed by atoms with Crippen LogP contribution in [0.2, 0.25) is 0 Å². The molecule has 2 aromatic rings. The largest absolute Gasteiger partial charge is 0.506 e. The number of phenols is 1. The lowest BCUT2D eigenvalue weighted by Gasteiger charge is -2.09. The van der Waals surface area contributed by atoms with Gasteiger partial charge in [0.15, 0.2) is 5.82 Å². The lowest BCUT2D eigenvalue weighted by Crippen LogP contribution is -2.14. The molecule has 1 heterocycles. The van der Waals surface area contributed by atoms with Crippen molar-refractivity contribution in [1.82, 2.24) is 4.98 Å². The van der Waals surface area contributed by atoms with E-state index < -0.39 is 10.0 Å². The van der Waals surface area contributed by atoms with Gasteiger partial charge in [0.05, 0.1) is 15.1 Å². The first kappa shape index (κ1) is 13.6. The number of hydrogen-bond donors (Lipinski definition) is 3. The van der Waals surface area contributed by atoms with Gasteiger partial charge in [-0.2, -0.15) is 0 Å². The summed E-state index contributed by atoms with van der Waals surface area (Å²) < 4.78 is 27.1. The average Bonchev–Trinajstić information content (AvgIpc) is 2.35. The maximum atomic E-state index is 12.1. The molecule has 0 spiro atoms. The molecule has 0 amide bonds. The minimum atomic E-state index is -3.81. The van der Waals surface area contributed by atoms with E-state index in [1.54, 1.807) is 12.1 Å². The fraction of sp³-hybridized carbons (Fsp3) is 0. The number of anilines is 2. The fourth-order valence-corrected chi connectivity index (χ4v) is 2.90. The zero-order valence-corrected chi connectivity index (χ0v) is 11.9. The number of nitrogens with one attached hydrogen (secondary N) is 1. The smallest absolute Gasteiger partial charge is 0.263 e. The molecule has 0 atom stereocenters. The van der Waals surface area contributed by atoms with Crippen molar-refractivity contribution < 1.29 is 13.5 Å². The summed E-state index contributed by atoms with van der Waals surface area (Å²) in [4.78, 5) is 3.86. The number of rotatable bonds is 3. The van der Waals surface area contributed by atoms with Crippen LogP contribution >= 0.6 is 15.9 Å². The van der Waals surface area contributed by atoms with Gasteiger partial charge in [-0.15, -0.1) is 0 Å². The Hall–Kier alpha value is -1.80. The number of sulfonamides is 1. The predicted octanol–water partition coefficient (Wildman–Crippen LogP) is 1.93. The van der Waals surface area contributed by atoms with Crippen LogP contribution in [0.1, 0.15) is 0 Å². The second kappa shape index (κ2) is 5.06. The molecule has 2 rings (SSSR count). The van der Waals surface area contributed by atoms with Crippen LogP contribution < -0.4 is 10.5 Å². The van der Waals surface area contributed by atoms with Crippen LogP contribution in [0.3, 0.4) is 0 Å². The first-order valence-electron chi connectivity index (χ1n) is 5.12. The van der Waals surface area contributed by atoms with Gasteiger partial charge in [0, 0.05) is 6.20 Å². The molecule has 1 aromatic heterocycles. The third-order valence-corrected chi connectivity index (χ3v) is 4.28. The lowest BCUT2D eigenvalue weighted by atomic mass is 10.3. The van der Waals surface area contributed by atoms with E-state index in [4.69, 9.17) is 5.73 Å². The summed E-state index contributed by atoms with van der Waals surface area (Å²) in [6, 6.07) is 6.98. The molecule has 0 bridgehead atoms. The number of nitrogens with zero attached hydrogens (tertiary/aromatic N) is 1. The maximum Gasteiger partial charge on any atom is 0.263 e. The van der Waals surface area contributed by atoms with Crippen molar-refractivity contribution in [3.8, 4) is 5.75 Å². The summed E-state index contributed by atoms with van der Waals surface area (Å²) in [5, 5.41) is 9.28. The lowest BCUT2D eigenvalue weighted by molar-refractivity contribution is 0.477. The number of benzene rings is 1. The molecule has 0 radical (unpaired) electrons. The van der Waals surface area contributed by atoms with Crippen LogP contribution in [0, 0.1) is 0 Å². The highest BCUT2D eigenvalue weighted by Gasteiger charge is 2.17. The summed E-state index contributed by atoms with van der Waals surface area (Å²) in [5.74, 6) is 0.00659. The Morgan fingerprint density at radius 1 is 1.32 bits per heavy atom. The zero-order chi connectivity index (χ0) is 14.0. The van der Waals surface area contributed by atoms with Crippen LogP contribution in [0.25, 0.3) is 0 Å². The molecule has 4 N–H and O–H groups in total. The van der Waals surface area contributed by atoms with E-state index >= 15 is 0 Å². The highest BCUT2D eigenvalue weighted by molar-refractivity contribution is 9.10. The number of aromatic nitrogens is 1. The highest BCUT2D eigenvalue weighted by atomic mass is 79.9. The van der Waals surface area contributed by atoms with E-state index in [0.29, 0.717) is 4.47 Å². The van der Waals surface area contributed by atoms with Crippen molar-refractivity contribution in [2.75, 3.05) is 10.5 Å². The summed E-state index contributed by atoms with van der Waals surface area (Å²) in [7, 11) is -3.81. The summed E-state index contributed by atoms with van der Waals surface area (Å²) >= 11 is 3.19. The number of aromatic hydroxyl groups is 1. The Kier molecular flexibility index (Phi) is 3.63. The molecule has 0 saturated carbocycles. The second-order valence-electron chi connectivity index (χ2n) is 3.66. The number of halogens is 1. The van der Waals surface area contributed by atoms with E-state index in [-0.39, 0.29) is 22.2 Å². The van der Waals surface area contributed by atoms with Crippen molar-refractivity contribution in [1.29, 1.82) is 0 Å². The molecule has 0 fully saturated rings. The molecule has 8 heteroatoms. The number of nitrogen functional groups attached to an aromatic ring is 1. The van der Waals surface area contributed by atoms with Crippen molar-refractivity contribution in [2.45, 2.75) is 4.90 Å². The number of nitrogens with two attached hydrogens (primary N) is 1. The minimum Gasteiger partial charge on any atom is -0.506 e. The quantitative estimate of drug-likeness (QED) is 0.583.